The molecule has 1 heterocycles. The molecule has 0 aliphatic carbocycles. The van der Waals surface area contributed by atoms with E-state index >= 15 is 0 Å². The molecule has 0 radical (unpaired) electrons. The van der Waals surface area contributed by atoms with Crippen molar-refractivity contribution in [2.75, 3.05) is 13.1 Å². The van der Waals surface area contributed by atoms with E-state index in [0.29, 0.717) is 0 Å². The zero-order valence-electron chi connectivity index (χ0n) is 11.6. The third kappa shape index (κ3) is 4.61. The fourth-order valence-corrected chi connectivity index (χ4v) is 2.26. The maximum atomic E-state index is 12.4. The summed E-state index contributed by atoms with van der Waals surface area (Å²) in [7, 11) is 0. The van der Waals surface area contributed by atoms with Crippen molar-refractivity contribution in [2.45, 2.75) is 31.5 Å². The summed E-state index contributed by atoms with van der Waals surface area (Å²) >= 11 is 0. The van der Waals surface area contributed by atoms with E-state index in [1.807, 2.05) is 6.92 Å². The molecule has 1 aromatic carbocycles. The van der Waals surface area contributed by atoms with E-state index in [0.717, 1.165) is 38.1 Å². The molecule has 21 heavy (non-hydrogen) atoms. The van der Waals surface area contributed by atoms with E-state index in [2.05, 4.69) is 10.6 Å². The molecule has 1 aromatic rings. The van der Waals surface area contributed by atoms with Gasteiger partial charge in [0.15, 0.2) is 0 Å². The largest absolute Gasteiger partial charge is 0.416 e. The average molecular weight is 323 g/mol. The Balaban J connectivity index is 0.00000220. The second kappa shape index (κ2) is 6.66. The number of hydrogen-bond acceptors (Lipinski definition) is 2. The van der Waals surface area contributed by atoms with E-state index in [-0.39, 0.29) is 29.4 Å². The van der Waals surface area contributed by atoms with Crippen LogP contribution in [0.3, 0.4) is 0 Å². The van der Waals surface area contributed by atoms with Crippen LogP contribution < -0.4 is 10.6 Å². The second-order valence-electron chi connectivity index (χ2n) is 5.34. The summed E-state index contributed by atoms with van der Waals surface area (Å²) in [5, 5.41) is 6.11. The summed E-state index contributed by atoms with van der Waals surface area (Å²) in [5.74, 6) is -0.330. The fourth-order valence-electron chi connectivity index (χ4n) is 2.26. The van der Waals surface area contributed by atoms with Crippen molar-refractivity contribution < 1.29 is 18.0 Å². The van der Waals surface area contributed by atoms with Crippen LogP contribution in [0.1, 0.15) is 35.7 Å². The van der Waals surface area contributed by atoms with Crippen LogP contribution >= 0.6 is 12.4 Å². The smallest absolute Gasteiger partial charge is 0.347 e. The van der Waals surface area contributed by atoms with Gasteiger partial charge in [-0.1, -0.05) is 0 Å². The van der Waals surface area contributed by atoms with Crippen LogP contribution in [0.2, 0.25) is 0 Å². The lowest BCUT2D eigenvalue weighted by molar-refractivity contribution is -0.137. The normalized spacial score (nSPS) is 17.7. The SMILES string of the molecule is CC1(NC(=O)c2ccc(C(F)(F)F)cc2)CCNCC1.Cl. The lowest BCUT2D eigenvalue weighted by Crippen LogP contribution is -2.52. The van der Waals surface area contributed by atoms with Gasteiger partial charge in [-0.05, 0) is 57.1 Å². The van der Waals surface area contributed by atoms with Gasteiger partial charge in [0.2, 0.25) is 0 Å². The van der Waals surface area contributed by atoms with Gasteiger partial charge < -0.3 is 10.6 Å². The van der Waals surface area contributed by atoms with Gasteiger partial charge in [0.25, 0.3) is 5.91 Å². The van der Waals surface area contributed by atoms with Crippen LogP contribution in [0.15, 0.2) is 24.3 Å². The first-order valence-electron chi connectivity index (χ1n) is 6.51. The van der Waals surface area contributed by atoms with Gasteiger partial charge in [0.1, 0.15) is 0 Å². The van der Waals surface area contributed by atoms with Gasteiger partial charge in [0, 0.05) is 11.1 Å². The molecule has 2 rings (SSSR count). The van der Waals surface area contributed by atoms with Crippen LogP contribution in [0.25, 0.3) is 0 Å². The second-order valence-corrected chi connectivity index (χ2v) is 5.34. The molecule has 118 valence electrons. The number of benzene rings is 1. The van der Waals surface area contributed by atoms with Crippen molar-refractivity contribution in [3.63, 3.8) is 0 Å². The molecule has 7 heteroatoms. The van der Waals surface area contributed by atoms with Crippen molar-refractivity contribution in [3.8, 4) is 0 Å². The Bertz CT molecular complexity index is 482. The summed E-state index contributed by atoms with van der Waals surface area (Å²) < 4.78 is 37.3. The molecular weight excluding hydrogens is 305 g/mol. The van der Waals surface area contributed by atoms with Gasteiger partial charge in [-0.3, -0.25) is 4.79 Å². The Kier molecular flexibility index (Phi) is 5.64. The number of carbonyl (C=O) groups excluding carboxylic acids is 1. The first kappa shape index (κ1) is 17.8. The quantitative estimate of drug-likeness (QED) is 0.879. The zero-order chi connectivity index (χ0) is 14.8. The molecule has 0 bridgehead atoms. The minimum atomic E-state index is -4.38. The minimum absolute atomic E-state index is 0. The van der Waals surface area contributed by atoms with Crippen LogP contribution in [-0.2, 0) is 6.18 Å². The van der Waals surface area contributed by atoms with E-state index < -0.39 is 11.7 Å². The third-order valence-corrected chi connectivity index (χ3v) is 3.60. The predicted molar refractivity (Wildman–Crippen MR) is 76.7 cm³/mol. The van der Waals surface area contributed by atoms with Crippen LogP contribution in [-0.4, -0.2) is 24.5 Å². The Labute approximate surface area is 127 Å². The standard InChI is InChI=1S/C14H17F3N2O.ClH/c1-13(6-8-18-9-7-13)19-12(20)10-2-4-11(5-3-10)14(15,16)17;/h2-5,18H,6-9H2,1H3,(H,19,20);1H. The first-order chi connectivity index (χ1) is 9.30. The Morgan fingerprint density at radius 1 is 1.19 bits per heavy atom. The fraction of sp³-hybridized carbons (Fsp3) is 0.500. The minimum Gasteiger partial charge on any atom is -0.347 e. The van der Waals surface area contributed by atoms with E-state index in [1.165, 1.54) is 12.1 Å². The number of halogens is 4. The van der Waals surface area contributed by atoms with Crippen molar-refractivity contribution in [1.29, 1.82) is 0 Å². The van der Waals surface area contributed by atoms with Crippen LogP contribution in [0.5, 0.6) is 0 Å². The summed E-state index contributed by atoms with van der Waals surface area (Å²) in [6.07, 6.45) is -2.77. The van der Waals surface area contributed by atoms with E-state index in [1.54, 1.807) is 0 Å². The molecule has 1 saturated heterocycles. The molecule has 1 amide bonds. The van der Waals surface area contributed by atoms with Crippen molar-refractivity contribution in [3.05, 3.63) is 35.4 Å². The number of rotatable bonds is 2. The molecule has 1 aliphatic rings. The number of alkyl halides is 3. The van der Waals surface area contributed by atoms with Crippen molar-refractivity contribution >= 4 is 18.3 Å². The average Bonchev–Trinajstić information content (AvgIpc) is 2.38. The summed E-state index contributed by atoms with van der Waals surface area (Å²) in [4.78, 5) is 12.1. The lowest BCUT2D eigenvalue weighted by atomic mass is 9.90. The molecule has 0 unspecified atom stereocenters. The zero-order valence-corrected chi connectivity index (χ0v) is 12.4. The molecule has 1 fully saturated rings. The molecule has 0 atom stereocenters. The topological polar surface area (TPSA) is 41.1 Å². The van der Waals surface area contributed by atoms with Gasteiger partial charge >= 0.3 is 6.18 Å². The van der Waals surface area contributed by atoms with Crippen molar-refractivity contribution in [2.24, 2.45) is 0 Å². The highest BCUT2D eigenvalue weighted by molar-refractivity contribution is 5.94. The maximum absolute atomic E-state index is 12.4. The molecule has 3 nitrogen and oxygen atoms in total. The molecule has 1 aliphatic heterocycles. The van der Waals surface area contributed by atoms with Crippen LogP contribution in [0, 0.1) is 0 Å². The molecular formula is C14H18ClF3N2O. The van der Waals surface area contributed by atoms with Crippen molar-refractivity contribution in [1.82, 2.24) is 10.6 Å². The molecule has 0 saturated carbocycles. The molecule has 0 spiro atoms. The Morgan fingerprint density at radius 2 is 1.71 bits per heavy atom. The lowest BCUT2D eigenvalue weighted by Gasteiger charge is -2.35. The van der Waals surface area contributed by atoms with Crippen LogP contribution in [0.4, 0.5) is 13.2 Å². The maximum Gasteiger partial charge on any atom is 0.416 e. The van der Waals surface area contributed by atoms with E-state index in [4.69, 9.17) is 0 Å². The number of piperidine rings is 1. The Hall–Kier alpha value is -1.27. The molecule has 0 aromatic heterocycles. The summed E-state index contributed by atoms with van der Waals surface area (Å²) in [5.41, 5.74) is -0.801. The highest BCUT2D eigenvalue weighted by Gasteiger charge is 2.31. The highest BCUT2D eigenvalue weighted by Crippen LogP contribution is 2.29. The van der Waals surface area contributed by atoms with Gasteiger partial charge in [-0.2, -0.15) is 13.2 Å². The number of nitrogens with one attached hydrogen (secondary N) is 2. The number of hydrogen-bond donors (Lipinski definition) is 2. The first-order valence-corrected chi connectivity index (χ1v) is 6.51. The summed E-state index contributed by atoms with van der Waals surface area (Å²) in [6, 6.07) is 4.28. The third-order valence-electron chi connectivity index (χ3n) is 3.60. The monoisotopic (exact) mass is 322 g/mol. The van der Waals surface area contributed by atoms with Gasteiger partial charge in [-0.15, -0.1) is 12.4 Å². The van der Waals surface area contributed by atoms with E-state index in [9.17, 15) is 18.0 Å². The number of carbonyl (C=O) groups is 1. The van der Waals surface area contributed by atoms with Gasteiger partial charge in [-0.25, -0.2) is 0 Å². The van der Waals surface area contributed by atoms with Gasteiger partial charge in [0.05, 0.1) is 5.56 Å². The number of amides is 1. The Morgan fingerprint density at radius 3 is 2.19 bits per heavy atom. The molecule has 2 N–H and O–H groups in total. The highest BCUT2D eigenvalue weighted by atomic mass is 35.5. The predicted octanol–water partition coefficient (Wildman–Crippen LogP) is 3.00. The summed E-state index contributed by atoms with van der Waals surface area (Å²) in [6.45, 7) is 3.60.